The van der Waals surface area contributed by atoms with E-state index in [1.165, 1.54) is 24.5 Å². The van der Waals surface area contributed by atoms with Crippen molar-refractivity contribution in [3.05, 3.63) is 47.9 Å². The van der Waals surface area contributed by atoms with Crippen molar-refractivity contribution < 1.29 is 27.4 Å². The number of carbonyl (C=O) groups excluding carboxylic acids is 1. The monoisotopic (exact) mass is 549 g/mol. The maximum absolute atomic E-state index is 12.9. The van der Waals surface area contributed by atoms with E-state index >= 15 is 0 Å². The Hall–Kier alpha value is -3.03. The van der Waals surface area contributed by atoms with Gasteiger partial charge in [0.1, 0.15) is 12.2 Å². The van der Waals surface area contributed by atoms with Crippen LogP contribution in [0, 0.1) is 0 Å². The molecule has 0 spiro atoms. The molecular formula is C24H28ClN5O6S. The minimum Gasteiger partial charge on any atom is -0.493 e. The maximum Gasteiger partial charge on any atom is 0.238 e. The van der Waals surface area contributed by atoms with E-state index in [2.05, 4.69) is 20.2 Å². The van der Waals surface area contributed by atoms with Crippen LogP contribution < -0.4 is 19.9 Å². The number of anilines is 1. The second-order valence-electron chi connectivity index (χ2n) is 8.65. The molecule has 0 bridgehead atoms. The Morgan fingerprint density at radius 3 is 2.68 bits per heavy atom. The smallest absolute Gasteiger partial charge is 0.238 e. The van der Waals surface area contributed by atoms with E-state index in [0.717, 1.165) is 39.3 Å². The van der Waals surface area contributed by atoms with Crippen molar-refractivity contribution in [2.75, 3.05) is 51.9 Å². The molecule has 0 saturated carbocycles. The Morgan fingerprint density at radius 2 is 1.95 bits per heavy atom. The van der Waals surface area contributed by atoms with E-state index in [1.807, 2.05) is 0 Å². The minimum atomic E-state index is -3.94. The lowest BCUT2D eigenvalue weighted by Crippen LogP contribution is -2.37. The number of nitrogens with zero attached hydrogens (tertiary/aromatic N) is 3. The molecule has 1 saturated heterocycles. The topological polar surface area (TPSA) is 146 Å². The maximum atomic E-state index is 12.9. The third-order valence-electron chi connectivity index (χ3n) is 6.39. The second kappa shape index (κ2) is 11.2. The average Bonchev–Trinajstić information content (AvgIpc) is 3.20. The van der Waals surface area contributed by atoms with Crippen molar-refractivity contribution in [3.8, 4) is 11.5 Å². The van der Waals surface area contributed by atoms with Crippen molar-refractivity contribution in [2.24, 2.45) is 5.14 Å². The number of amides is 1. The standard InChI is InChI=1S/C24H27N5O6S.ClH/c1-33-20-12-17-19(13-21(20)35-8-2-5-29-6-9-34-10-7-29)26-14-27-23(17)22-16-11-15(36(25,31)32)3-4-18(16)28-24(22)30;/h3-4,11-14,22H,2,5-10H2,1H3,(H,28,30)(H2,25,31,32);1H. The molecule has 1 amide bonds. The lowest BCUT2D eigenvalue weighted by Gasteiger charge is -2.26. The van der Waals surface area contributed by atoms with Gasteiger partial charge in [-0.25, -0.2) is 23.5 Å². The van der Waals surface area contributed by atoms with Gasteiger partial charge in [-0.05, 0) is 36.2 Å². The van der Waals surface area contributed by atoms with Crippen LogP contribution in [0.3, 0.4) is 0 Å². The Bertz CT molecular complexity index is 1410. The number of benzene rings is 2. The molecule has 2 aliphatic heterocycles. The zero-order valence-corrected chi connectivity index (χ0v) is 21.8. The van der Waals surface area contributed by atoms with Crippen LogP contribution in [0.4, 0.5) is 5.69 Å². The molecule has 2 aliphatic rings. The summed E-state index contributed by atoms with van der Waals surface area (Å²) in [7, 11) is -2.40. The zero-order chi connectivity index (χ0) is 25.3. The van der Waals surface area contributed by atoms with Gasteiger partial charge in [-0.2, -0.15) is 0 Å². The number of halogens is 1. The van der Waals surface area contributed by atoms with Crippen LogP contribution in [0.25, 0.3) is 10.9 Å². The van der Waals surface area contributed by atoms with Crippen LogP contribution in [0.2, 0.25) is 0 Å². The van der Waals surface area contributed by atoms with Gasteiger partial charge in [0.25, 0.3) is 0 Å². The molecule has 5 rings (SSSR count). The first-order valence-electron chi connectivity index (χ1n) is 11.6. The lowest BCUT2D eigenvalue weighted by molar-refractivity contribution is -0.116. The third-order valence-corrected chi connectivity index (χ3v) is 7.30. The van der Waals surface area contributed by atoms with Crippen molar-refractivity contribution in [2.45, 2.75) is 17.2 Å². The molecule has 2 aromatic carbocycles. The van der Waals surface area contributed by atoms with Gasteiger partial charge < -0.3 is 19.5 Å². The number of methoxy groups -OCH3 is 1. The summed E-state index contributed by atoms with van der Waals surface area (Å²) in [4.78, 5) is 24.0. The number of rotatable bonds is 8. The van der Waals surface area contributed by atoms with Crippen molar-refractivity contribution in [1.82, 2.24) is 14.9 Å². The minimum absolute atomic E-state index is 0. The lowest BCUT2D eigenvalue weighted by atomic mass is 9.94. The molecule has 13 heteroatoms. The fourth-order valence-electron chi connectivity index (χ4n) is 4.57. The Kier molecular flexibility index (Phi) is 8.14. The summed E-state index contributed by atoms with van der Waals surface area (Å²) in [5, 5.41) is 8.70. The first-order chi connectivity index (χ1) is 17.3. The molecule has 1 aromatic heterocycles. The molecule has 0 radical (unpaired) electrons. The number of carbonyl (C=O) groups is 1. The van der Waals surface area contributed by atoms with Crippen LogP contribution in [-0.2, 0) is 19.6 Å². The van der Waals surface area contributed by atoms with E-state index < -0.39 is 15.9 Å². The number of fused-ring (bicyclic) bond motifs is 2. The molecular weight excluding hydrogens is 522 g/mol. The quantitative estimate of drug-likeness (QED) is 0.402. The summed E-state index contributed by atoms with van der Waals surface area (Å²) >= 11 is 0. The molecule has 37 heavy (non-hydrogen) atoms. The molecule has 3 N–H and O–H groups in total. The highest BCUT2D eigenvalue weighted by Gasteiger charge is 2.35. The predicted molar refractivity (Wildman–Crippen MR) is 139 cm³/mol. The number of hydrogen-bond donors (Lipinski definition) is 2. The molecule has 1 atom stereocenters. The van der Waals surface area contributed by atoms with E-state index in [9.17, 15) is 13.2 Å². The van der Waals surface area contributed by atoms with Crippen LogP contribution in [0.5, 0.6) is 11.5 Å². The van der Waals surface area contributed by atoms with E-state index in [-0.39, 0.29) is 23.2 Å². The number of nitrogens with one attached hydrogen (secondary N) is 1. The summed E-state index contributed by atoms with van der Waals surface area (Å²) in [5.74, 6) is -0.123. The summed E-state index contributed by atoms with van der Waals surface area (Å²) in [5.41, 5.74) is 2.00. The summed E-state index contributed by atoms with van der Waals surface area (Å²) in [6.45, 7) is 4.79. The van der Waals surface area contributed by atoms with Crippen molar-refractivity contribution >= 4 is 44.9 Å². The first kappa shape index (κ1) is 27.0. The Balaban J connectivity index is 0.00000320. The SMILES string of the molecule is COc1cc2c(C3C(=O)Nc4ccc(S(N)(=O)=O)cc43)ncnc2cc1OCCCN1CCOCC1.Cl. The molecule has 11 nitrogen and oxygen atoms in total. The normalized spacial score (nSPS) is 17.7. The van der Waals surface area contributed by atoms with E-state index in [4.69, 9.17) is 19.3 Å². The highest BCUT2D eigenvalue weighted by atomic mass is 35.5. The van der Waals surface area contributed by atoms with Gasteiger partial charge in [-0.15, -0.1) is 12.4 Å². The summed E-state index contributed by atoms with van der Waals surface area (Å²) < 4.78 is 40.8. The van der Waals surface area contributed by atoms with Crippen LogP contribution >= 0.6 is 12.4 Å². The van der Waals surface area contributed by atoms with Crippen LogP contribution in [0.15, 0.2) is 41.6 Å². The number of primary sulfonamides is 1. The number of morpholine rings is 1. The summed E-state index contributed by atoms with van der Waals surface area (Å²) in [6, 6.07) is 7.81. The van der Waals surface area contributed by atoms with Gasteiger partial charge >= 0.3 is 0 Å². The fourth-order valence-corrected chi connectivity index (χ4v) is 5.12. The summed E-state index contributed by atoms with van der Waals surface area (Å²) in [6.07, 6.45) is 2.22. The highest BCUT2D eigenvalue weighted by molar-refractivity contribution is 7.89. The molecule has 198 valence electrons. The zero-order valence-electron chi connectivity index (χ0n) is 20.2. The van der Waals surface area contributed by atoms with Crippen LogP contribution in [-0.4, -0.2) is 75.8 Å². The number of nitrogens with two attached hydrogens (primary N) is 1. The van der Waals surface area contributed by atoms with Crippen LogP contribution in [0.1, 0.15) is 23.6 Å². The molecule has 3 heterocycles. The average molecular weight is 550 g/mol. The predicted octanol–water partition coefficient (Wildman–Crippen LogP) is 1.89. The van der Waals surface area contributed by atoms with E-state index in [1.54, 1.807) is 19.2 Å². The van der Waals surface area contributed by atoms with Crippen molar-refractivity contribution in [3.63, 3.8) is 0 Å². The van der Waals surface area contributed by atoms with E-state index in [0.29, 0.717) is 46.0 Å². The molecule has 0 aliphatic carbocycles. The number of sulfonamides is 1. The van der Waals surface area contributed by atoms with Crippen molar-refractivity contribution in [1.29, 1.82) is 0 Å². The fraction of sp³-hybridized carbons (Fsp3) is 0.375. The third kappa shape index (κ3) is 5.63. The Labute approximate surface area is 220 Å². The second-order valence-corrected chi connectivity index (χ2v) is 10.2. The molecule has 3 aromatic rings. The Morgan fingerprint density at radius 1 is 1.16 bits per heavy atom. The van der Waals surface area contributed by atoms with Gasteiger partial charge in [0.05, 0.1) is 43.0 Å². The largest absolute Gasteiger partial charge is 0.493 e. The number of ether oxygens (including phenoxy) is 3. The molecule has 1 unspecified atom stereocenters. The molecule has 1 fully saturated rings. The number of aromatic nitrogens is 2. The first-order valence-corrected chi connectivity index (χ1v) is 13.1. The van der Waals surface area contributed by atoms with Gasteiger partial charge in [-0.3, -0.25) is 9.69 Å². The van der Waals surface area contributed by atoms with Gasteiger partial charge in [0, 0.05) is 36.8 Å². The van der Waals surface area contributed by atoms with Gasteiger partial charge in [0.2, 0.25) is 15.9 Å². The highest BCUT2D eigenvalue weighted by Crippen LogP contribution is 2.41. The van der Waals surface area contributed by atoms with Gasteiger partial charge in [0.15, 0.2) is 11.5 Å². The number of hydrogen-bond acceptors (Lipinski definition) is 9. The van der Waals surface area contributed by atoms with Gasteiger partial charge in [-0.1, -0.05) is 0 Å².